The van der Waals surface area contributed by atoms with Crippen molar-refractivity contribution in [3.8, 4) is 0 Å². The highest BCUT2D eigenvalue weighted by atomic mass is 79.9. The maximum atomic E-state index is 3.65. The summed E-state index contributed by atoms with van der Waals surface area (Å²) in [6.45, 7) is 3.65. The Bertz CT molecular complexity index is 70.6. The first-order valence-corrected chi connectivity index (χ1v) is 4.37. The Morgan fingerprint density at radius 3 is 2.00 bits per heavy atom. The van der Waals surface area contributed by atoms with Crippen LogP contribution in [0.3, 0.4) is 0 Å². The van der Waals surface area contributed by atoms with Crippen molar-refractivity contribution < 1.29 is 0 Å². The van der Waals surface area contributed by atoms with E-state index in [0.29, 0.717) is 4.36 Å². The van der Waals surface area contributed by atoms with E-state index < -0.39 is 0 Å². The van der Waals surface area contributed by atoms with E-state index in [-0.39, 0.29) is 0 Å². The molecule has 0 atom stereocenters. The zero-order valence-corrected chi connectivity index (χ0v) is 8.38. The molecule has 0 bridgehead atoms. The Kier molecular flexibility index (Phi) is 4.90. The van der Waals surface area contributed by atoms with Gasteiger partial charge in [0, 0.05) is 0 Å². The van der Waals surface area contributed by atoms with E-state index in [0.717, 1.165) is 10.8 Å². The van der Waals surface area contributed by atoms with Gasteiger partial charge >= 0.3 is 4.36 Å². The topological polar surface area (TPSA) is 0 Å². The number of rotatable bonds is 2. The molecule has 0 unspecified atom stereocenters. The highest BCUT2D eigenvalue weighted by molar-refractivity contribution is 9.49. The van der Waals surface area contributed by atoms with Crippen LogP contribution in [0.25, 0.3) is 0 Å². The van der Waals surface area contributed by atoms with Crippen LogP contribution >= 0.6 is 47.4 Å². The van der Waals surface area contributed by atoms with Gasteiger partial charge in [-0.1, -0.05) is 22.5 Å². The molecule has 0 aromatic rings. The largest absolute Gasteiger partial charge is 0.303 e. The van der Waals surface area contributed by atoms with Gasteiger partial charge in [-0.15, -0.1) is 31.5 Å². The first-order valence-electron chi connectivity index (χ1n) is 1.74. The molecule has 40 valence electrons. The number of allylic oxidation sites excluding steroid dienone is 1. The summed E-state index contributed by atoms with van der Waals surface area (Å²) in [5.74, 6) is 0. The molecule has 4 heteroatoms. The summed E-state index contributed by atoms with van der Waals surface area (Å²) in [7, 11) is 0. The van der Waals surface area contributed by atoms with Crippen LogP contribution < -0.4 is 0 Å². The van der Waals surface area contributed by atoms with Gasteiger partial charge in [-0.3, -0.25) is 0 Å². The van der Waals surface area contributed by atoms with E-state index in [1.165, 1.54) is 0 Å². The molecular formula is C3H4BBr3. The molecule has 0 spiro atoms. The first kappa shape index (κ1) is 8.24. The lowest BCUT2D eigenvalue weighted by molar-refractivity contribution is 1.71. The minimum Gasteiger partial charge on any atom is -0.139 e. The van der Waals surface area contributed by atoms with E-state index in [2.05, 4.69) is 54.0 Å². The summed E-state index contributed by atoms with van der Waals surface area (Å²) < 4.78 is 1.36. The molecule has 0 aliphatic rings. The van der Waals surface area contributed by atoms with Gasteiger partial charge in [-0.05, 0) is 10.8 Å². The molecule has 0 amide bonds. The highest BCUT2D eigenvalue weighted by Crippen LogP contribution is 2.17. The Hall–Kier alpha value is 1.24. The van der Waals surface area contributed by atoms with E-state index in [9.17, 15) is 0 Å². The van der Waals surface area contributed by atoms with Gasteiger partial charge in [-0.25, -0.2) is 0 Å². The van der Waals surface area contributed by atoms with Crippen molar-refractivity contribution in [1.82, 2.24) is 0 Å². The Balaban J connectivity index is 3.13. The third-order valence-corrected chi connectivity index (χ3v) is 1.35. The van der Waals surface area contributed by atoms with Crippen molar-refractivity contribution in [2.45, 2.75) is 6.32 Å². The van der Waals surface area contributed by atoms with Gasteiger partial charge in [0.1, 0.15) is 0 Å². The van der Waals surface area contributed by atoms with Gasteiger partial charge in [-0.2, -0.15) is 0 Å². The molecule has 0 nitrogen and oxygen atoms in total. The standard InChI is InChI=1S/C3H4BBr3/c1-3(5)2-4(6)7/h1-2H2. The normalized spacial score (nSPS) is 8.43. The van der Waals surface area contributed by atoms with E-state index >= 15 is 0 Å². The smallest absolute Gasteiger partial charge is 0.139 e. The van der Waals surface area contributed by atoms with Crippen LogP contribution in [0.15, 0.2) is 11.1 Å². The van der Waals surface area contributed by atoms with Crippen LogP contribution in [0.4, 0.5) is 0 Å². The minimum atomic E-state index is 0.354. The zero-order valence-electron chi connectivity index (χ0n) is 3.63. The minimum absolute atomic E-state index is 0.354. The van der Waals surface area contributed by atoms with Crippen molar-refractivity contribution >= 4 is 51.8 Å². The monoisotopic (exact) mass is 288 g/mol. The van der Waals surface area contributed by atoms with Crippen molar-refractivity contribution in [3.63, 3.8) is 0 Å². The van der Waals surface area contributed by atoms with Crippen LogP contribution in [0.2, 0.25) is 6.32 Å². The lowest BCUT2D eigenvalue weighted by Gasteiger charge is -1.90. The molecule has 0 rings (SSSR count). The van der Waals surface area contributed by atoms with E-state index in [1.807, 2.05) is 0 Å². The average Bonchev–Trinajstić information content (AvgIpc) is 1.27. The van der Waals surface area contributed by atoms with Crippen LogP contribution in [0.1, 0.15) is 0 Å². The Morgan fingerprint density at radius 1 is 1.57 bits per heavy atom. The van der Waals surface area contributed by atoms with Crippen molar-refractivity contribution in [1.29, 1.82) is 0 Å². The van der Waals surface area contributed by atoms with Crippen molar-refractivity contribution in [3.05, 3.63) is 11.1 Å². The van der Waals surface area contributed by atoms with Crippen molar-refractivity contribution in [2.75, 3.05) is 0 Å². The summed E-state index contributed by atoms with van der Waals surface area (Å²) in [6.07, 6.45) is 0.917. The summed E-state index contributed by atoms with van der Waals surface area (Å²) in [6, 6.07) is 0. The summed E-state index contributed by atoms with van der Waals surface area (Å²) >= 11 is 9.82. The average molecular weight is 291 g/mol. The molecule has 0 radical (unpaired) electrons. The fourth-order valence-corrected chi connectivity index (χ4v) is 2.14. The Morgan fingerprint density at radius 2 is 2.00 bits per heavy atom. The second-order valence-corrected chi connectivity index (χ2v) is 5.67. The van der Waals surface area contributed by atoms with Crippen LogP contribution in [0.5, 0.6) is 0 Å². The number of hydrogen-bond acceptors (Lipinski definition) is 0. The van der Waals surface area contributed by atoms with Crippen LogP contribution in [-0.4, -0.2) is 4.36 Å². The molecule has 0 aromatic heterocycles. The molecule has 0 aliphatic carbocycles. The van der Waals surface area contributed by atoms with E-state index in [4.69, 9.17) is 0 Å². The highest BCUT2D eigenvalue weighted by Gasteiger charge is 2.02. The molecule has 0 saturated carbocycles. The second-order valence-electron chi connectivity index (χ2n) is 1.11. The van der Waals surface area contributed by atoms with Gasteiger partial charge in [0.05, 0.1) is 0 Å². The maximum Gasteiger partial charge on any atom is 0.303 e. The molecule has 0 N–H and O–H groups in total. The fraction of sp³-hybridized carbons (Fsp3) is 0.333. The molecule has 7 heavy (non-hydrogen) atoms. The SMILES string of the molecule is C=C(Br)CB(Br)Br. The predicted octanol–water partition coefficient (Wildman–Crippen LogP) is 3.17. The zero-order chi connectivity index (χ0) is 5.86. The summed E-state index contributed by atoms with van der Waals surface area (Å²) in [5, 5.41) is 0. The summed E-state index contributed by atoms with van der Waals surface area (Å²) in [5.41, 5.74) is 0. The summed E-state index contributed by atoms with van der Waals surface area (Å²) in [4.78, 5) is 0. The third-order valence-electron chi connectivity index (χ3n) is 0.376. The molecule has 0 aliphatic heterocycles. The molecular weight excluding hydrogens is 287 g/mol. The van der Waals surface area contributed by atoms with Gasteiger partial charge in [0.15, 0.2) is 0 Å². The maximum absolute atomic E-state index is 3.65. The van der Waals surface area contributed by atoms with Gasteiger partial charge < -0.3 is 0 Å². The van der Waals surface area contributed by atoms with Gasteiger partial charge in [0.25, 0.3) is 0 Å². The fourth-order valence-electron chi connectivity index (χ4n) is 0.167. The second kappa shape index (κ2) is 4.16. The molecule has 0 saturated heterocycles. The molecule has 0 fully saturated rings. The van der Waals surface area contributed by atoms with E-state index in [1.54, 1.807) is 0 Å². The number of hydrogen-bond donors (Lipinski definition) is 0. The third kappa shape index (κ3) is 7.24. The number of halogens is 3. The first-order chi connectivity index (χ1) is 3.13. The molecule has 0 heterocycles. The molecule has 0 aromatic carbocycles. The Labute approximate surface area is 68.9 Å². The van der Waals surface area contributed by atoms with Crippen molar-refractivity contribution in [2.24, 2.45) is 0 Å². The predicted molar refractivity (Wildman–Crippen MR) is 46.5 cm³/mol. The van der Waals surface area contributed by atoms with Crippen LogP contribution in [0, 0.1) is 0 Å². The lowest BCUT2D eigenvalue weighted by Crippen LogP contribution is -1.86. The van der Waals surface area contributed by atoms with Gasteiger partial charge in [0.2, 0.25) is 0 Å². The lowest BCUT2D eigenvalue weighted by atomic mass is 10.1. The quantitative estimate of drug-likeness (QED) is 0.685. The van der Waals surface area contributed by atoms with Crippen LogP contribution in [-0.2, 0) is 0 Å².